The van der Waals surface area contributed by atoms with Crippen molar-refractivity contribution in [3.63, 3.8) is 0 Å². The maximum Gasteiger partial charge on any atom is 0.293 e. The van der Waals surface area contributed by atoms with Crippen molar-refractivity contribution >= 4 is 33.1 Å². The Morgan fingerprint density at radius 1 is 1.15 bits per heavy atom. The number of fused-ring (bicyclic) bond motifs is 5. The van der Waals surface area contributed by atoms with Gasteiger partial charge in [0, 0.05) is 18.0 Å². The SMILES string of the molecule is Cc1nc2sc3c(c2c2nc(C(=O)N4CCCCC4)nn12)[C@@H](C)CCC3. The highest BCUT2D eigenvalue weighted by atomic mass is 32.1. The van der Waals surface area contributed by atoms with Crippen LogP contribution in [0, 0.1) is 6.92 Å². The molecule has 4 heterocycles. The highest BCUT2D eigenvalue weighted by Gasteiger charge is 2.28. The van der Waals surface area contributed by atoms with E-state index in [2.05, 4.69) is 12.0 Å². The molecule has 1 fully saturated rings. The van der Waals surface area contributed by atoms with Gasteiger partial charge < -0.3 is 4.90 Å². The van der Waals surface area contributed by atoms with E-state index in [1.807, 2.05) is 11.8 Å². The number of aromatic nitrogens is 4. The number of nitrogens with zero attached hydrogens (tertiary/aromatic N) is 5. The fourth-order valence-corrected chi connectivity index (χ4v) is 5.79. The molecule has 1 saturated heterocycles. The molecule has 0 unspecified atom stereocenters. The Hall–Kier alpha value is -2.02. The number of carbonyl (C=O) groups excluding carboxylic acids is 1. The number of piperidine rings is 1. The van der Waals surface area contributed by atoms with E-state index in [1.165, 1.54) is 29.7 Å². The first-order valence-corrected chi connectivity index (χ1v) is 10.4. The molecule has 7 heteroatoms. The average molecular weight is 369 g/mol. The lowest BCUT2D eigenvalue weighted by Gasteiger charge is -2.25. The summed E-state index contributed by atoms with van der Waals surface area (Å²) in [4.78, 5) is 26.7. The van der Waals surface area contributed by atoms with Gasteiger partial charge in [-0.25, -0.2) is 9.97 Å². The third kappa shape index (κ3) is 2.36. The molecule has 0 N–H and O–H groups in total. The molecular formula is C19H23N5OS. The smallest absolute Gasteiger partial charge is 0.293 e. The van der Waals surface area contributed by atoms with Crippen LogP contribution in [0.1, 0.15) is 71.8 Å². The Morgan fingerprint density at radius 3 is 2.77 bits per heavy atom. The maximum absolute atomic E-state index is 12.9. The van der Waals surface area contributed by atoms with Crippen LogP contribution in [0.3, 0.4) is 0 Å². The third-order valence-corrected chi connectivity index (χ3v) is 6.93. The number of thiophene rings is 1. The molecule has 0 aromatic carbocycles. The van der Waals surface area contributed by atoms with Crippen LogP contribution < -0.4 is 0 Å². The van der Waals surface area contributed by atoms with Gasteiger partial charge in [0.25, 0.3) is 5.91 Å². The van der Waals surface area contributed by atoms with E-state index in [9.17, 15) is 4.79 Å². The Labute approximate surface area is 156 Å². The zero-order valence-corrected chi connectivity index (χ0v) is 16.1. The van der Waals surface area contributed by atoms with Crippen molar-refractivity contribution in [2.45, 2.75) is 58.3 Å². The van der Waals surface area contributed by atoms with Crippen LogP contribution in [-0.2, 0) is 6.42 Å². The third-order valence-electron chi connectivity index (χ3n) is 5.77. The highest BCUT2D eigenvalue weighted by Crippen LogP contribution is 2.42. The summed E-state index contributed by atoms with van der Waals surface area (Å²) in [6.45, 7) is 5.85. The quantitative estimate of drug-likeness (QED) is 0.656. The number of aryl methyl sites for hydroxylation is 2. The van der Waals surface area contributed by atoms with Crippen molar-refractivity contribution in [2.75, 3.05) is 13.1 Å². The van der Waals surface area contributed by atoms with E-state index < -0.39 is 0 Å². The molecule has 3 aromatic rings. The van der Waals surface area contributed by atoms with Crippen LogP contribution in [-0.4, -0.2) is 43.5 Å². The molecule has 0 bridgehead atoms. The largest absolute Gasteiger partial charge is 0.336 e. The summed E-state index contributed by atoms with van der Waals surface area (Å²) in [5.74, 6) is 1.58. The summed E-state index contributed by atoms with van der Waals surface area (Å²) in [5, 5.41) is 5.67. The first kappa shape index (κ1) is 16.2. The van der Waals surface area contributed by atoms with Crippen LogP contribution in [0.4, 0.5) is 0 Å². The molecule has 0 radical (unpaired) electrons. The summed E-state index contributed by atoms with van der Waals surface area (Å²) in [6.07, 6.45) is 6.90. The fraction of sp³-hybridized carbons (Fsp3) is 0.579. The van der Waals surface area contributed by atoms with Gasteiger partial charge in [-0.3, -0.25) is 4.79 Å². The monoisotopic (exact) mass is 369 g/mol. The molecule has 1 amide bonds. The van der Waals surface area contributed by atoms with Gasteiger partial charge in [-0.05, 0) is 56.9 Å². The minimum absolute atomic E-state index is 0.0434. The minimum Gasteiger partial charge on any atom is -0.336 e. The molecule has 1 aliphatic heterocycles. The van der Waals surface area contributed by atoms with E-state index in [0.717, 1.165) is 54.0 Å². The molecule has 136 valence electrons. The summed E-state index contributed by atoms with van der Waals surface area (Å²) in [5.41, 5.74) is 2.19. The maximum atomic E-state index is 12.9. The molecule has 26 heavy (non-hydrogen) atoms. The molecule has 6 nitrogen and oxygen atoms in total. The molecule has 5 rings (SSSR count). The number of hydrogen-bond acceptors (Lipinski definition) is 5. The molecule has 2 aliphatic rings. The van der Waals surface area contributed by atoms with E-state index >= 15 is 0 Å². The number of hydrogen-bond donors (Lipinski definition) is 0. The van der Waals surface area contributed by atoms with Gasteiger partial charge in [-0.1, -0.05) is 6.92 Å². The lowest BCUT2D eigenvalue weighted by Crippen LogP contribution is -2.36. The van der Waals surface area contributed by atoms with Crippen LogP contribution >= 0.6 is 11.3 Å². The van der Waals surface area contributed by atoms with Crippen molar-refractivity contribution in [3.8, 4) is 0 Å². The van der Waals surface area contributed by atoms with Gasteiger partial charge in [0.15, 0.2) is 5.65 Å². The van der Waals surface area contributed by atoms with Crippen molar-refractivity contribution in [2.24, 2.45) is 0 Å². The molecule has 3 aromatic heterocycles. The second-order valence-corrected chi connectivity index (χ2v) is 8.68. The Balaban J connectivity index is 1.69. The fourth-order valence-electron chi connectivity index (χ4n) is 4.42. The van der Waals surface area contributed by atoms with Gasteiger partial charge in [-0.15, -0.1) is 16.4 Å². The van der Waals surface area contributed by atoms with Gasteiger partial charge in [0.1, 0.15) is 10.7 Å². The van der Waals surface area contributed by atoms with E-state index in [0.29, 0.717) is 11.7 Å². The summed E-state index contributed by atoms with van der Waals surface area (Å²) < 4.78 is 1.77. The first-order chi connectivity index (χ1) is 12.6. The Bertz CT molecular complexity index is 1010. The summed E-state index contributed by atoms with van der Waals surface area (Å²) in [6, 6.07) is 0. The standard InChI is InChI=1S/C19H23N5OS/c1-11-7-6-8-13-14(11)15-17-21-16(19(25)23-9-4-3-5-10-23)22-24(17)12(2)20-18(15)26-13/h11H,3-10H2,1-2H3/t11-/m0/s1. The first-order valence-electron chi connectivity index (χ1n) is 9.61. The molecule has 0 spiro atoms. The molecule has 0 saturated carbocycles. The summed E-state index contributed by atoms with van der Waals surface area (Å²) in [7, 11) is 0. The van der Waals surface area contributed by atoms with E-state index in [1.54, 1.807) is 15.9 Å². The number of likely N-dealkylation sites (tertiary alicyclic amines) is 1. The zero-order chi connectivity index (χ0) is 17.8. The number of rotatable bonds is 1. The predicted octanol–water partition coefficient (Wildman–Crippen LogP) is 3.71. The normalized spacial score (nSPS) is 20.7. The number of carbonyl (C=O) groups is 1. The topological polar surface area (TPSA) is 63.4 Å². The Kier molecular flexibility index (Phi) is 3.74. The predicted molar refractivity (Wildman–Crippen MR) is 102 cm³/mol. The second kappa shape index (κ2) is 6.01. The van der Waals surface area contributed by atoms with Gasteiger partial charge >= 0.3 is 0 Å². The molecule has 1 aliphatic carbocycles. The minimum atomic E-state index is -0.0434. The van der Waals surface area contributed by atoms with E-state index in [4.69, 9.17) is 9.97 Å². The lowest BCUT2D eigenvalue weighted by molar-refractivity contribution is 0.0712. The van der Waals surface area contributed by atoms with Crippen LogP contribution in [0.2, 0.25) is 0 Å². The second-order valence-electron chi connectivity index (χ2n) is 7.60. The van der Waals surface area contributed by atoms with Gasteiger partial charge in [0.05, 0.1) is 5.39 Å². The van der Waals surface area contributed by atoms with Crippen molar-refractivity contribution < 1.29 is 4.79 Å². The average Bonchev–Trinajstić information content (AvgIpc) is 3.24. The highest BCUT2D eigenvalue weighted by molar-refractivity contribution is 7.19. The summed E-state index contributed by atoms with van der Waals surface area (Å²) >= 11 is 1.79. The van der Waals surface area contributed by atoms with Crippen molar-refractivity contribution in [3.05, 3.63) is 22.1 Å². The Morgan fingerprint density at radius 2 is 1.96 bits per heavy atom. The number of amides is 1. The zero-order valence-electron chi connectivity index (χ0n) is 15.3. The molecular weight excluding hydrogens is 346 g/mol. The van der Waals surface area contributed by atoms with Gasteiger partial charge in [-0.2, -0.15) is 4.52 Å². The van der Waals surface area contributed by atoms with Crippen LogP contribution in [0.25, 0.3) is 15.9 Å². The lowest BCUT2D eigenvalue weighted by atomic mass is 9.87. The van der Waals surface area contributed by atoms with Crippen LogP contribution in [0.15, 0.2) is 0 Å². The van der Waals surface area contributed by atoms with Crippen LogP contribution in [0.5, 0.6) is 0 Å². The van der Waals surface area contributed by atoms with Gasteiger partial charge in [0.2, 0.25) is 5.82 Å². The molecule has 1 atom stereocenters. The van der Waals surface area contributed by atoms with E-state index in [-0.39, 0.29) is 5.91 Å². The van der Waals surface area contributed by atoms with Crippen molar-refractivity contribution in [1.82, 2.24) is 24.5 Å². The van der Waals surface area contributed by atoms with Crippen molar-refractivity contribution in [1.29, 1.82) is 0 Å².